The Labute approximate surface area is 130 Å². The van der Waals surface area contributed by atoms with Crippen LogP contribution in [0.4, 0.5) is 14.5 Å². The number of rotatable bonds is 6. The number of aliphatic hydroxyl groups excluding tert-OH is 1. The lowest BCUT2D eigenvalue weighted by atomic mass is 10.3. The van der Waals surface area contributed by atoms with Crippen molar-refractivity contribution in [2.75, 3.05) is 11.1 Å². The van der Waals surface area contributed by atoms with Gasteiger partial charge in [-0.15, -0.1) is 0 Å². The molecule has 1 aromatic heterocycles. The van der Waals surface area contributed by atoms with E-state index < -0.39 is 11.6 Å². The van der Waals surface area contributed by atoms with Crippen molar-refractivity contribution in [3.63, 3.8) is 0 Å². The molecule has 5 nitrogen and oxygen atoms in total. The van der Waals surface area contributed by atoms with Crippen molar-refractivity contribution in [2.24, 2.45) is 7.05 Å². The van der Waals surface area contributed by atoms with Crippen molar-refractivity contribution in [3.8, 4) is 0 Å². The van der Waals surface area contributed by atoms with Crippen molar-refractivity contribution >= 4 is 23.4 Å². The van der Waals surface area contributed by atoms with E-state index >= 15 is 0 Å². The molecule has 0 atom stereocenters. The second kappa shape index (κ2) is 7.37. The van der Waals surface area contributed by atoms with Crippen LogP contribution in [0, 0.1) is 11.6 Å². The molecule has 0 aliphatic rings. The molecular formula is C14H15F2N3O2S. The van der Waals surface area contributed by atoms with Gasteiger partial charge in [-0.2, -0.15) is 0 Å². The smallest absolute Gasteiger partial charge is 0.225 e. The second-order valence-corrected chi connectivity index (χ2v) is 5.62. The SMILES string of the molecule is Cn1c(CO)cnc1SCCC(=O)Nc1cc(F)cc(F)c1. The van der Waals surface area contributed by atoms with Crippen LogP contribution in [-0.4, -0.2) is 26.3 Å². The number of hydrogen-bond donors (Lipinski definition) is 2. The zero-order valence-electron chi connectivity index (χ0n) is 11.8. The fourth-order valence-corrected chi connectivity index (χ4v) is 2.70. The molecular weight excluding hydrogens is 312 g/mol. The minimum atomic E-state index is -0.741. The van der Waals surface area contributed by atoms with Crippen LogP contribution in [0.2, 0.25) is 0 Å². The van der Waals surface area contributed by atoms with E-state index in [4.69, 9.17) is 5.11 Å². The molecule has 0 unspecified atom stereocenters. The van der Waals surface area contributed by atoms with Gasteiger partial charge in [0.2, 0.25) is 5.91 Å². The highest BCUT2D eigenvalue weighted by molar-refractivity contribution is 7.99. The second-order valence-electron chi connectivity index (χ2n) is 4.55. The summed E-state index contributed by atoms with van der Waals surface area (Å²) >= 11 is 1.36. The summed E-state index contributed by atoms with van der Waals surface area (Å²) in [5.74, 6) is -1.36. The van der Waals surface area contributed by atoms with E-state index in [9.17, 15) is 13.6 Å². The van der Waals surface area contributed by atoms with Crippen LogP contribution in [0.3, 0.4) is 0 Å². The van der Waals surface area contributed by atoms with Gasteiger partial charge in [-0.05, 0) is 12.1 Å². The highest BCUT2D eigenvalue weighted by Gasteiger charge is 2.09. The Morgan fingerprint density at radius 3 is 2.64 bits per heavy atom. The van der Waals surface area contributed by atoms with Gasteiger partial charge in [-0.25, -0.2) is 13.8 Å². The minimum absolute atomic E-state index is 0.0899. The van der Waals surface area contributed by atoms with E-state index in [-0.39, 0.29) is 24.6 Å². The number of nitrogens with one attached hydrogen (secondary N) is 1. The van der Waals surface area contributed by atoms with Crippen LogP contribution < -0.4 is 5.32 Å². The molecule has 2 N–H and O–H groups in total. The first-order valence-corrected chi connectivity index (χ1v) is 7.48. The molecule has 1 aromatic carbocycles. The van der Waals surface area contributed by atoms with Crippen molar-refractivity contribution in [1.82, 2.24) is 9.55 Å². The molecule has 0 aliphatic carbocycles. The normalized spacial score (nSPS) is 10.7. The van der Waals surface area contributed by atoms with Crippen LogP contribution in [0.25, 0.3) is 0 Å². The molecule has 118 valence electrons. The highest BCUT2D eigenvalue weighted by atomic mass is 32.2. The Bertz CT molecular complexity index is 656. The summed E-state index contributed by atoms with van der Waals surface area (Å²) in [5.41, 5.74) is 0.772. The largest absolute Gasteiger partial charge is 0.390 e. The van der Waals surface area contributed by atoms with Gasteiger partial charge in [0.1, 0.15) is 11.6 Å². The number of carbonyl (C=O) groups excluding carboxylic acids is 1. The number of thioether (sulfide) groups is 1. The first-order chi connectivity index (χ1) is 10.5. The maximum Gasteiger partial charge on any atom is 0.225 e. The number of hydrogen-bond acceptors (Lipinski definition) is 4. The third-order valence-corrected chi connectivity index (χ3v) is 3.96. The molecule has 0 spiro atoms. The number of anilines is 1. The lowest BCUT2D eigenvalue weighted by Crippen LogP contribution is -2.12. The maximum absolute atomic E-state index is 13.0. The van der Waals surface area contributed by atoms with E-state index in [1.165, 1.54) is 11.8 Å². The molecule has 0 radical (unpaired) electrons. The van der Waals surface area contributed by atoms with Gasteiger partial charge in [0, 0.05) is 31.0 Å². The van der Waals surface area contributed by atoms with Crippen LogP contribution in [0.15, 0.2) is 29.6 Å². The average molecular weight is 327 g/mol. The number of amides is 1. The van der Waals surface area contributed by atoms with E-state index in [0.29, 0.717) is 16.6 Å². The Balaban J connectivity index is 1.84. The lowest BCUT2D eigenvalue weighted by Gasteiger charge is -2.06. The fraction of sp³-hybridized carbons (Fsp3) is 0.286. The van der Waals surface area contributed by atoms with Crippen molar-refractivity contribution < 1.29 is 18.7 Å². The van der Waals surface area contributed by atoms with E-state index in [2.05, 4.69) is 10.3 Å². The standard InChI is InChI=1S/C14H15F2N3O2S/c1-19-12(8-20)7-17-14(19)22-3-2-13(21)18-11-5-9(15)4-10(16)6-11/h4-7,20H,2-3,8H2,1H3,(H,18,21). The molecule has 1 heterocycles. The third-order valence-electron chi connectivity index (χ3n) is 2.91. The predicted octanol–water partition coefficient (Wildman–Crippen LogP) is 2.31. The van der Waals surface area contributed by atoms with Crippen molar-refractivity contribution in [2.45, 2.75) is 18.2 Å². The monoisotopic (exact) mass is 327 g/mol. The number of halogens is 2. The third kappa shape index (κ3) is 4.28. The number of imidazole rings is 1. The Morgan fingerprint density at radius 1 is 1.36 bits per heavy atom. The first-order valence-electron chi connectivity index (χ1n) is 6.50. The maximum atomic E-state index is 13.0. The minimum Gasteiger partial charge on any atom is -0.390 e. The van der Waals surface area contributed by atoms with E-state index in [1.807, 2.05) is 0 Å². The summed E-state index contributed by atoms with van der Waals surface area (Å²) in [5, 5.41) is 12.2. The predicted molar refractivity (Wildman–Crippen MR) is 79.5 cm³/mol. The summed E-state index contributed by atoms with van der Waals surface area (Å²) in [6.07, 6.45) is 1.74. The Kier molecular flexibility index (Phi) is 5.51. The summed E-state index contributed by atoms with van der Waals surface area (Å²) in [6.45, 7) is -0.102. The first kappa shape index (κ1) is 16.4. The van der Waals surface area contributed by atoms with Crippen LogP contribution in [0.1, 0.15) is 12.1 Å². The zero-order chi connectivity index (χ0) is 16.1. The molecule has 1 amide bonds. The molecule has 2 rings (SSSR count). The van der Waals surface area contributed by atoms with E-state index in [0.717, 1.165) is 18.2 Å². The number of carbonyl (C=O) groups is 1. The highest BCUT2D eigenvalue weighted by Crippen LogP contribution is 2.19. The number of aliphatic hydroxyl groups is 1. The quantitative estimate of drug-likeness (QED) is 0.799. The van der Waals surface area contributed by atoms with Crippen LogP contribution in [-0.2, 0) is 18.4 Å². The molecule has 0 fully saturated rings. The molecule has 8 heteroatoms. The number of benzene rings is 1. The average Bonchev–Trinajstić information content (AvgIpc) is 2.78. The number of aromatic nitrogens is 2. The van der Waals surface area contributed by atoms with E-state index in [1.54, 1.807) is 17.8 Å². The van der Waals surface area contributed by atoms with Gasteiger partial charge in [-0.3, -0.25) is 4.79 Å². The summed E-state index contributed by atoms with van der Waals surface area (Å²) in [4.78, 5) is 15.9. The molecule has 0 aliphatic heterocycles. The lowest BCUT2D eigenvalue weighted by molar-refractivity contribution is -0.115. The molecule has 0 saturated carbocycles. The van der Waals surface area contributed by atoms with Crippen molar-refractivity contribution in [3.05, 3.63) is 41.7 Å². The summed E-state index contributed by atoms with van der Waals surface area (Å²) in [7, 11) is 1.77. The fourth-order valence-electron chi connectivity index (χ4n) is 1.79. The van der Waals surface area contributed by atoms with Gasteiger partial charge in [-0.1, -0.05) is 11.8 Å². The van der Waals surface area contributed by atoms with Gasteiger partial charge in [0.25, 0.3) is 0 Å². The van der Waals surface area contributed by atoms with Crippen molar-refractivity contribution in [1.29, 1.82) is 0 Å². The molecule has 0 saturated heterocycles. The van der Waals surface area contributed by atoms with Gasteiger partial charge >= 0.3 is 0 Å². The zero-order valence-corrected chi connectivity index (χ0v) is 12.7. The topological polar surface area (TPSA) is 67.1 Å². The Morgan fingerprint density at radius 2 is 2.05 bits per heavy atom. The van der Waals surface area contributed by atoms with Gasteiger partial charge in [0.05, 0.1) is 18.5 Å². The summed E-state index contributed by atoms with van der Waals surface area (Å²) < 4.78 is 27.8. The van der Waals surface area contributed by atoms with Gasteiger partial charge < -0.3 is 15.0 Å². The molecule has 2 aromatic rings. The molecule has 0 bridgehead atoms. The van der Waals surface area contributed by atoms with Crippen LogP contribution in [0.5, 0.6) is 0 Å². The van der Waals surface area contributed by atoms with Gasteiger partial charge in [0.15, 0.2) is 5.16 Å². The molecule has 22 heavy (non-hydrogen) atoms. The van der Waals surface area contributed by atoms with Crippen LogP contribution >= 0.6 is 11.8 Å². The summed E-state index contributed by atoms with van der Waals surface area (Å²) in [6, 6.07) is 2.85. The number of nitrogens with zero attached hydrogens (tertiary/aromatic N) is 2. The Hall–Kier alpha value is -1.93.